The van der Waals surface area contributed by atoms with Crippen molar-refractivity contribution in [1.29, 1.82) is 0 Å². The Morgan fingerprint density at radius 2 is 1.22 bits per heavy atom. The minimum atomic E-state index is -1.60. The van der Waals surface area contributed by atoms with E-state index in [-0.39, 0.29) is 5.97 Å². The lowest BCUT2D eigenvalue weighted by atomic mass is 10.0. The molecular weight excluding hydrogens is 352 g/mol. The van der Waals surface area contributed by atoms with E-state index in [1.807, 2.05) is 0 Å². The van der Waals surface area contributed by atoms with Gasteiger partial charge in [0.25, 0.3) is 0 Å². The summed E-state index contributed by atoms with van der Waals surface area (Å²) in [5.41, 5.74) is 0. The van der Waals surface area contributed by atoms with Gasteiger partial charge in [0.05, 0.1) is 7.11 Å². The number of hydrogen-bond acceptors (Lipinski definition) is 3. The van der Waals surface area contributed by atoms with E-state index in [1.165, 1.54) is 71.3 Å². The Morgan fingerprint density at radius 1 is 0.815 bits per heavy atom. The average Bonchev–Trinajstić information content (AvgIpc) is 2.57. The molecule has 0 N–H and O–H groups in total. The van der Waals surface area contributed by atoms with Crippen molar-refractivity contribution in [1.82, 2.24) is 0 Å². The fourth-order valence-electron chi connectivity index (χ4n) is 3.13. The summed E-state index contributed by atoms with van der Waals surface area (Å²) in [6.07, 6.45) is 16.4. The second kappa shape index (κ2) is 14.6. The van der Waals surface area contributed by atoms with Crippen LogP contribution in [0.2, 0.25) is 18.1 Å². The van der Waals surface area contributed by atoms with Crippen LogP contribution < -0.4 is 0 Å². The molecule has 0 aliphatic carbocycles. The monoisotopic (exact) mass is 400 g/mol. The van der Waals surface area contributed by atoms with Crippen LogP contribution in [0, 0.1) is 0 Å². The fraction of sp³-hybridized carbons (Fsp3) is 0.957. The summed E-state index contributed by atoms with van der Waals surface area (Å²) in [5, 5.41) is 0.308. The molecule has 0 fully saturated rings. The summed E-state index contributed by atoms with van der Waals surface area (Å²) in [4.78, 5) is 11.0. The smallest absolute Gasteiger partial charge is 0.305 e. The van der Waals surface area contributed by atoms with Gasteiger partial charge in [-0.1, -0.05) is 85.0 Å². The first-order chi connectivity index (χ1) is 12.6. The molecule has 4 heteroatoms. The number of carbonyl (C=O) groups excluding carboxylic acids is 1. The van der Waals surface area contributed by atoms with Gasteiger partial charge in [0.15, 0.2) is 8.32 Å². The molecule has 0 aliphatic heterocycles. The number of rotatable bonds is 16. The lowest BCUT2D eigenvalue weighted by Crippen LogP contribution is -2.43. The Bertz CT molecular complexity index is 374. The number of carbonyl (C=O) groups is 1. The lowest BCUT2D eigenvalue weighted by molar-refractivity contribution is -0.140. The van der Waals surface area contributed by atoms with Crippen LogP contribution in [0.5, 0.6) is 0 Å². The van der Waals surface area contributed by atoms with Crippen molar-refractivity contribution >= 4 is 14.3 Å². The largest absolute Gasteiger partial charge is 0.469 e. The van der Waals surface area contributed by atoms with Crippen LogP contribution in [-0.2, 0) is 14.0 Å². The van der Waals surface area contributed by atoms with Gasteiger partial charge >= 0.3 is 5.97 Å². The molecule has 0 aromatic heterocycles. The van der Waals surface area contributed by atoms with E-state index in [9.17, 15) is 4.79 Å². The van der Waals surface area contributed by atoms with Crippen molar-refractivity contribution in [3.63, 3.8) is 0 Å². The summed E-state index contributed by atoms with van der Waals surface area (Å²) in [6, 6.07) is 0. The van der Waals surface area contributed by atoms with Gasteiger partial charge in [0, 0.05) is 12.5 Å². The maximum atomic E-state index is 11.0. The van der Waals surface area contributed by atoms with Crippen LogP contribution in [0.25, 0.3) is 0 Å². The predicted molar refractivity (Wildman–Crippen MR) is 120 cm³/mol. The van der Waals surface area contributed by atoms with Crippen LogP contribution in [0.4, 0.5) is 0 Å². The molecule has 0 aliphatic rings. The lowest BCUT2D eigenvalue weighted by Gasteiger charge is -2.38. The van der Waals surface area contributed by atoms with Crippen molar-refractivity contribution in [2.24, 2.45) is 0 Å². The Balaban J connectivity index is 3.42. The van der Waals surface area contributed by atoms with E-state index in [4.69, 9.17) is 4.43 Å². The maximum absolute atomic E-state index is 11.0. The standard InChI is InChI=1S/C23H48O3Si/c1-21(26-27(6,7)23(2,3)4)19-17-15-13-11-9-8-10-12-14-16-18-20-22(24)25-5/h21H,8-20H2,1-7H3. The Hall–Kier alpha value is -0.353. The zero-order chi connectivity index (χ0) is 20.8. The zero-order valence-electron chi connectivity index (χ0n) is 19.5. The molecule has 0 rings (SSSR count). The third-order valence-electron chi connectivity index (χ3n) is 6.02. The van der Waals surface area contributed by atoms with Crippen molar-refractivity contribution in [3.8, 4) is 0 Å². The molecule has 0 spiro atoms. The molecule has 162 valence electrons. The van der Waals surface area contributed by atoms with Crippen molar-refractivity contribution in [2.45, 2.75) is 135 Å². The molecule has 1 unspecified atom stereocenters. The Labute approximate surface area is 171 Å². The molecular formula is C23H48O3Si. The second-order valence-electron chi connectivity index (χ2n) is 9.69. The molecule has 0 aromatic rings. The van der Waals surface area contributed by atoms with Crippen LogP contribution in [-0.4, -0.2) is 27.5 Å². The highest BCUT2D eigenvalue weighted by atomic mass is 28.4. The maximum Gasteiger partial charge on any atom is 0.305 e. The number of hydrogen-bond donors (Lipinski definition) is 0. The topological polar surface area (TPSA) is 35.5 Å². The Morgan fingerprint density at radius 3 is 1.63 bits per heavy atom. The molecule has 0 saturated heterocycles. The molecule has 0 aromatic carbocycles. The minimum absolute atomic E-state index is 0.0732. The van der Waals surface area contributed by atoms with Gasteiger partial charge in [-0.3, -0.25) is 4.79 Å². The van der Waals surface area contributed by atoms with E-state index in [2.05, 4.69) is 45.5 Å². The summed E-state index contributed by atoms with van der Waals surface area (Å²) >= 11 is 0. The summed E-state index contributed by atoms with van der Waals surface area (Å²) in [5.74, 6) is -0.0732. The van der Waals surface area contributed by atoms with Gasteiger partial charge in [-0.25, -0.2) is 0 Å². The highest BCUT2D eigenvalue weighted by Crippen LogP contribution is 2.37. The Kier molecular flexibility index (Phi) is 14.4. The fourth-order valence-corrected chi connectivity index (χ4v) is 4.61. The van der Waals surface area contributed by atoms with Gasteiger partial charge in [0.1, 0.15) is 0 Å². The van der Waals surface area contributed by atoms with Crippen molar-refractivity contribution in [3.05, 3.63) is 0 Å². The third-order valence-corrected chi connectivity index (χ3v) is 10.6. The van der Waals surface area contributed by atoms with E-state index in [0.717, 1.165) is 12.8 Å². The van der Waals surface area contributed by atoms with Gasteiger partial charge in [-0.05, 0) is 37.9 Å². The number of esters is 1. The van der Waals surface area contributed by atoms with Gasteiger partial charge in [-0.2, -0.15) is 0 Å². The average molecular weight is 401 g/mol. The van der Waals surface area contributed by atoms with Crippen LogP contribution in [0.15, 0.2) is 0 Å². The third kappa shape index (κ3) is 14.3. The van der Waals surface area contributed by atoms with Crippen LogP contribution in [0.3, 0.4) is 0 Å². The molecule has 3 nitrogen and oxygen atoms in total. The van der Waals surface area contributed by atoms with Gasteiger partial charge in [0.2, 0.25) is 0 Å². The first-order valence-corrected chi connectivity index (χ1v) is 14.3. The molecule has 0 heterocycles. The minimum Gasteiger partial charge on any atom is -0.469 e. The van der Waals surface area contributed by atoms with Gasteiger partial charge in [-0.15, -0.1) is 0 Å². The van der Waals surface area contributed by atoms with E-state index < -0.39 is 8.32 Å². The van der Waals surface area contributed by atoms with Crippen LogP contribution in [0.1, 0.15) is 111 Å². The van der Waals surface area contributed by atoms with E-state index in [0.29, 0.717) is 17.6 Å². The molecule has 0 amide bonds. The summed E-state index contributed by atoms with van der Waals surface area (Å²) in [7, 11) is -0.137. The highest BCUT2D eigenvalue weighted by molar-refractivity contribution is 6.74. The van der Waals surface area contributed by atoms with Gasteiger partial charge < -0.3 is 9.16 Å². The van der Waals surface area contributed by atoms with Crippen LogP contribution >= 0.6 is 0 Å². The SMILES string of the molecule is COC(=O)CCCCCCCCCCCCCC(C)O[Si](C)(C)C(C)(C)C. The first-order valence-electron chi connectivity index (χ1n) is 11.3. The highest BCUT2D eigenvalue weighted by Gasteiger charge is 2.38. The molecule has 1 atom stereocenters. The first kappa shape index (κ1) is 26.6. The molecule has 27 heavy (non-hydrogen) atoms. The summed E-state index contributed by atoms with van der Waals surface area (Å²) in [6.45, 7) is 13.9. The number of methoxy groups -OCH3 is 1. The van der Waals surface area contributed by atoms with Crippen molar-refractivity contribution < 1.29 is 14.0 Å². The van der Waals surface area contributed by atoms with E-state index >= 15 is 0 Å². The van der Waals surface area contributed by atoms with Crippen molar-refractivity contribution in [2.75, 3.05) is 7.11 Å². The van der Waals surface area contributed by atoms with E-state index in [1.54, 1.807) is 0 Å². The zero-order valence-corrected chi connectivity index (χ0v) is 20.5. The molecule has 0 bridgehead atoms. The quantitative estimate of drug-likeness (QED) is 0.152. The predicted octanol–water partition coefficient (Wildman–Crippen LogP) is 7.64. The summed E-state index contributed by atoms with van der Waals surface area (Å²) < 4.78 is 11.1. The number of ether oxygens (including phenoxy) is 1. The molecule has 0 radical (unpaired) electrons. The normalized spacial score (nSPS) is 13.6. The molecule has 0 saturated carbocycles. The second-order valence-corrected chi connectivity index (χ2v) is 14.4. The number of unbranched alkanes of at least 4 members (excludes halogenated alkanes) is 10.